The maximum absolute atomic E-state index is 12.3. The maximum Gasteiger partial charge on any atom is 0.340 e. The standard InChI is InChI=1S/C22H23NO5/c1-14-18-9-8-17(27-3)12-20(18)28-22(25)19(14)13-21(24)23-11-10-15-4-6-16(26-2)7-5-15/h4-9,12H,10-11,13H2,1-3H3,(H,23,24). The number of hydrogen-bond acceptors (Lipinski definition) is 5. The lowest BCUT2D eigenvalue weighted by Gasteiger charge is -2.10. The van der Waals surface area contributed by atoms with Gasteiger partial charge in [0.15, 0.2) is 0 Å². The van der Waals surface area contributed by atoms with Gasteiger partial charge in [-0.25, -0.2) is 4.79 Å². The van der Waals surface area contributed by atoms with E-state index in [1.54, 1.807) is 26.4 Å². The van der Waals surface area contributed by atoms with Crippen LogP contribution in [0.25, 0.3) is 11.0 Å². The van der Waals surface area contributed by atoms with Gasteiger partial charge in [0, 0.05) is 18.0 Å². The molecule has 0 unspecified atom stereocenters. The fraction of sp³-hybridized carbons (Fsp3) is 0.273. The van der Waals surface area contributed by atoms with Gasteiger partial charge in [-0.05, 0) is 48.7 Å². The van der Waals surface area contributed by atoms with E-state index in [1.807, 2.05) is 37.3 Å². The number of hydrogen-bond donors (Lipinski definition) is 1. The van der Waals surface area contributed by atoms with Crippen LogP contribution in [0.2, 0.25) is 0 Å². The summed E-state index contributed by atoms with van der Waals surface area (Å²) in [6, 6.07) is 13.0. The molecule has 6 heteroatoms. The molecule has 0 atom stereocenters. The summed E-state index contributed by atoms with van der Waals surface area (Å²) in [7, 11) is 3.17. The summed E-state index contributed by atoms with van der Waals surface area (Å²) in [5, 5.41) is 3.65. The minimum Gasteiger partial charge on any atom is -0.497 e. The third-order valence-corrected chi connectivity index (χ3v) is 4.73. The SMILES string of the molecule is COc1ccc(CCNC(=O)Cc2c(C)c3ccc(OC)cc3oc2=O)cc1. The van der Waals surface area contributed by atoms with Crippen LogP contribution in [-0.2, 0) is 17.6 Å². The van der Waals surface area contributed by atoms with Crippen LogP contribution in [0.3, 0.4) is 0 Å². The second-order valence-corrected chi connectivity index (χ2v) is 6.48. The Kier molecular flexibility index (Phi) is 5.99. The summed E-state index contributed by atoms with van der Waals surface area (Å²) >= 11 is 0. The smallest absolute Gasteiger partial charge is 0.340 e. The van der Waals surface area contributed by atoms with Gasteiger partial charge in [-0.1, -0.05) is 12.1 Å². The topological polar surface area (TPSA) is 77.8 Å². The van der Waals surface area contributed by atoms with Crippen LogP contribution in [0.15, 0.2) is 51.7 Å². The van der Waals surface area contributed by atoms with Crippen LogP contribution >= 0.6 is 0 Å². The van der Waals surface area contributed by atoms with Gasteiger partial charge in [0.1, 0.15) is 17.1 Å². The molecular formula is C22H23NO5. The number of methoxy groups -OCH3 is 2. The Hall–Kier alpha value is -3.28. The second-order valence-electron chi connectivity index (χ2n) is 6.48. The van der Waals surface area contributed by atoms with E-state index in [1.165, 1.54) is 0 Å². The van der Waals surface area contributed by atoms with Crippen molar-refractivity contribution in [2.24, 2.45) is 0 Å². The molecule has 0 aliphatic carbocycles. The Morgan fingerprint density at radius 2 is 1.71 bits per heavy atom. The molecule has 0 aliphatic rings. The lowest BCUT2D eigenvalue weighted by molar-refractivity contribution is -0.120. The summed E-state index contributed by atoms with van der Waals surface area (Å²) in [6.45, 7) is 2.31. The van der Waals surface area contributed by atoms with E-state index < -0.39 is 5.63 Å². The van der Waals surface area contributed by atoms with Crippen molar-refractivity contribution >= 4 is 16.9 Å². The normalized spacial score (nSPS) is 10.7. The fourth-order valence-electron chi connectivity index (χ4n) is 3.07. The molecule has 1 N–H and O–H groups in total. The number of rotatable bonds is 7. The van der Waals surface area contributed by atoms with Crippen molar-refractivity contribution in [3.8, 4) is 11.5 Å². The van der Waals surface area contributed by atoms with Crippen molar-refractivity contribution in [1.29, 1.82) is 0 Å². The quantitative estimate of drug-likeness (QED) is 0.637. The highest BCUT2D eigenvalue weighted by Gasteiger charge is 2.15. The predicted octanol–water partition coefficient (Wildman–Crippen LogP) is 3.02. The second kappa shape index (κ2) is 8.61. The first-order valence-electron chi connectivity index (χ1n) is 9.01. The Labute approximate surface area is 163 Å². The van der Waals surface area contributed by atoms with E-state index in [4.69, 9.17) is 13.9 Å². The summed E-state index contributed by atoms with van der Waals surface area (Å²) in [5.41, 5.74) is 2.17. The molecule has 0 aliphatic heterocycles. The van der Waals surface area contributed by atoms with Gasteiger partial charge in [-0.2, -0.15) is 0 Å². The third kappa shape index (κ3) is 4.34. The van der Waals surface area contributed by atoms with Gasteiger partial charge in [0.25, 0.3) is 0 Å². The molecule has 1 aromatic heterocycles. The molecule has 28 heavy (non-hydrogen) atoms. The lowest BCUT2D eigenvalue weighted by atomic mass is 10.0. The molecule has 0 fully saturated rings. The third-order valence-electron chi connectivity index (χ3n) is 4.73. The molecule has 1 heterocycles. The van der Waals surface area contributed by atoms with Crippen LogP contribution in [0.5, 0.6) is 11.5 Å². The summed E-state index contributed by atoms with van der Waals surface area (Å²) in [4.78, 5) is 24.7. The van der Waals surface area contributed by atoms with Crippen LogP contribution in [0.1, 0.15) is 16.7 Å². The average molecular weight is 381 g/mol. The minimum absolute atomic E-state index is 0.0151. The maximum atomic E-state index is 12.3. The van der Waals surface area contributed by atoms with Crippen LogP contribution in [0.4, 0.5) is 0 Å². The molecule has 2 aromatic carbocycles. The Morgan fingerprint density at radius 3 is 2.39 bits per heavy atom. The largest absolute Gasteiger partial charge is 0.497 e. The Balaban J connectivity index is 1.66. The van der Waals surface area contributed by atoms with E-state index in [2.05, 4.69) is 5.32 Å². The molecule has 6 nitrogen and oxygen atoms in total. The zero-order chi connectivity index (χ0) is 20.1. The van der Waals surface area contributed by atoms with Crippen molar-refractivity contribution in [3.63, 3.8) is 0 Å². The predicted molar refractivity (Wildman–Crippen MR) is 107 cm³/mol. The van der Waals surface area contributed by atoms with Crippen molar-refractivity contribution in [3.05, 3.63) is 69.6 Å². The number of carbonyl (C=O) groups is 1. The number of amides is 1. The first-order chi connectivity index (χ1) is 13.5. The van der Waals surface area contributed by atoms with Crippen molar-refractivity contribution in [2.45, 2.75) is 19.8 Å². The van der Waals surface area contributed by atoms with E-state index in [9.17, 15) is 9.59 Å². The minimum atomic E-state index is -0.497. The number of fused-ring (bicyclic) bond motifs is 1. The van der Waals surface area contributed by atoms with Gasteiger partial charge >= 0.3 is 5.63 Å². The first kappa shape index (κ1) is 19.5. The van der Waals surface area contributed by atoms with E-state index in [-0.39, 0.29) is 12.3 Å². The Morgan fingerprint density at radius 1 is 1.04 bits per heavy atom. The molecule has 3 aromatic rings. The van der Waals surface area contributed by atoms with Crippen LogP contribution in [-0.4, -0.2) is 26.7 Å². The molecule has 0 spiro atoms. The van der Waals surface area contributed by atoms with Gasteiger partial charge in [-0.15, -0.1) is 0 Å². The monoisotopic (exact) mass is 381 g/mol. The van der Waals surface area contributed by atoms with Crippen molar-refractivity contribution in [1.82, 2.24) is 5.32 Å². The first-order valence-corrected chi connectivity index (χ1v) is 9.01. The number of ether oxygens (including phenoxy) is 2. The van der Waals surface area contributed by atoms with E-state index >= 15 is 0 Å². The summed E-state index contributed by atoms with van der Waals surface area (Å²) in [5.74, 6) is 1.19. The summed E-state index contributed by atoms with van der Waals surface area (Å²) in [6.07, 6.45) is 0.680. The van der Waals surface area contributed by atoms with Gasteiger partial charge < -0.3 is 19.2 Å². The fourth-order valence-corrected chi connectivity index (χ4v) is 3.07. The molecule has 0 saturated heterocycles. The zero-order valence-electron chi connectivity index (χ0n) is 16.2. The zero-order valence-corrected chi connectivity index (χ0v) is 16.2. The van der Waals surface area contributed by atoms with Crippen LogP contribution in [0, 0.1) is 6.92 Å². The molecule has 0 radical (unpaired) electrons. The molecule has 0 saturated carbocycles. The van der Waals surface area contributed by atoms with Crippen molar-refractivity contribution < 1.29 is 18.7 Å². The lowest BCUT2D eigenvalue weighted by Crippen LogP contribution is -2.29. The van der Waals surface area contributed by atoms with Gasteiger partial charge in [-0.3, -0.25) is 4.79 Å². The van der Waals surface area contributed by atoms with Gasteiger partial charge in [0.05, 0.1) is 26.2 Å². The van der Waals surface area contributed by atoms with Gasteiger partial charge in [0.2, 0.25) is 5.91 Å². The van der Waals surface area contributed by atoms with Crippen LogP contribution < -0.4 is 20.4 Å². The number of benzene rings is 2. The summed E-state index contributed by atoms with van der Waals surface area (Å²) < 4.78 is 15.7. The molecule has 0 bridgehead atoms. The van der Waals surface area contributed by atoms with E-state index in [0.717, 1.165) is 22.3 Å². The molecule has 1 amide bonds. The van der Waals surface area contributed by atoms with Crippen molar-refractivity contribution in [2.75, 3.05) is 20.8 Å². The molecular weight excluding hydrogens is 358 g/mol. The highest BCUT2D eigenvalue weighted by molar-refractivity contribution is 5.85. The number of carbonyl (C=O) groups excluding carboxylic acids is 1. The number of nitrogens with one attached hydrogen (secondary N) is 1. The Bertz CT molecular complexity index is 1040. The van der Waals surface area contributed by atoms with E-state index in [0.29, 0.717) is 29.9 Å². The average Bonchev–Trinajstić information content (AvgIpc) is 2.71. The number of aryl methyl sites for hydroxylation is 1. The molecule has 146 valence electrons. The highest BCUT2D eigenvalue weighted by atomic mass is 16.5. The highest BCUT2D eigenvalue weighted by Crippen LogP contribution is 2.24. The molecule has 3 rings (SSSR count).